The summed E-state index contributed by atoms with van der Waals surface area (Å²) in [6.07, 6.45) is 3.71. The zero-order valence-electron chi connectivity index (χ0n) is 14.5. The number of rotatable bonds is 7. The van der Waals surface area contributed by atoms with Gasteiger partial charge in [-0.1, -0.05) is 54.1 Å². The number of nitrogens with one attached hydrogen (secondary N) is 1. The van der Waals surface area contributed by atoms with Gasteiger partial charge in [0.25, 0.3) is 0 Å². The van der Waals surface area contributed by atoms with Crippen LogP contribution in [0.4, 0.5) is 0 Å². The lowest BCUT2D eigenvalue weighted by Gasteiger charge is -2.17. The fourth-order valence-corrected chi connectivity index (χ4v) is 3.53. The van der Waals surface area contributed by atoms with Crippen molar-refractivity contribution in [3.05, 3.63) is 70.2 Å². The van der Waals surface area contributed by atoms with E-state index < -0.39 is 0 Å². The van der Waals surface area contributed by atoms with E-state index >= 15 is 0 Å². The molecule has 132 valence electrons. The van der Waals surface area contributed by atoms with Crippen LogP contribution in [0.25, 0.3) is 0 Å². The Morgan fingerprint density at radius 1 is 0.960 bits per heavy atom. The van der Waals surface area contributed by atoms with Crippen LogP contribution in [0.5, 0.6) is 0 Å². The molecular weight excluding hydrogens is 332 g/mol. The Labute approximate surface area is 155 Å². The number of hydrogen-bond acceptors (Lipinski definition) is 2. The topological polar surface area (TPSA) is 32.3 Å². The average Bonchev–Trinajstić information content (AvgIpc) is 3.13. The number of benzene rings is 2. The summed E-state index contributed by atoms with van der Waals surface area (Å²) >= 11 is 6.15. The van der Waals surface area contributed by atoms with Gasteiger partial charge in [0.15, 0.2) is 0 Å². The number of nitrogens with zero attached hydrogens (tertiary/aromatic N) is 1. The maximum Gasteiger partial charge on any atom is 0.220 e. The number of amides is 1. The van der Waals surface area contributed by atoms with Crippen LogP contribution < -0.4 is 5.32 Å². The predicted molar refractivity (Wildman–Crippen MR) is 103 cm³/mol. The second-order valence-electron chi connectivity index (χ2n) is 6.62. The summed E-state index contributed by atoms with van der Waals surface area (Å²) in [5.41, 5.74) is 3.55. The molecule has 0 unspecified atom stereocenters. The molecule has 1 aliphatic heterocycles. The van der Waals surface area contributed by atoms with Crippen molar-refractivity contribution in [2.24, 2.45) is 0 Å². The van der Waals surface area contributed by atoms with E-state index in [0.29, 0.717) is 19.4 Å². The minimum atomic E-state index is 0.0656. The first-order valence-electron chi connectivity index (χ1n) is 9.01. The smallest absolute Gasteiger partial charge is 0.220 e. The van der Waals surface area contributed by atoms with Crippen molar-refractivity contribution in [3.8, 4) is 0 Å². The Bertz CT molecular complexity index is 711. The molecule has 0 atom stereocenters. The highest BCUT2D eigenvalue weighted by Gasteiger charge is 2.14. The molecule has 2 aromatic carbocycles. The second kappa shape index (κ2) is 9.02. The molecule has 1 heterocycles. The summed E-state index contributed by atoms with van der Waals surface area (Å²) in [6.45, 7) is 3.92. The van der Waals surface area contributed by atoms with Crippen LogP contribution in [0.1, 0.15) is 36.0 Å². The molecule has 0 radical (unpaired) electrons. The zero-order valence-corrected chi connectivity index (χ0v) is 15.3. The molecule has 1 fully saturated rings. The molecule has 0 spiro atoms. The molecule has 25 heavy (non-hydrogen) atoms. The van der Waals surface area contributed by atoms with E-state index in [4.69, 9.17) is 11.6 Å². The van der Waals surface area contributed by atoms with E-state index in [1.165, 1.54) is 37.1 Å². The summed E-state index contributed by atoms with van der Waals surface area (Å²) < 4.78 is 0. The molecule has 1 aliphatic rings. The van der Waals surface area contributed by atoms with Crippen molar-refractivity contribution in [2.45, 2.75) is 38.8 Å². The van der Waals surface area contributed by atoms with Crippen molar-refractivity contribution in [2.75, 3.05) is 13.1 Å². The maximum atomic E-state index is 12.2. The van der Waals surface area contributed by atoms with Crippen LogP contribution in [0.3, 0.4) is 0 Å². The van der Waals surface area contributed by atoms with Crippen LogP contribution in [0.2, 0.25) is 5.02 Å². The monoisotopic (exact) mass is 356 g/mol. The van der Waals surface area contributed by atoms with Gasteiger partial charge in [0, 0.05) is 24.5 Å². The highest BCUT2D eigenvalue weighted by Crippen LogP contribution is 2.17. The van der Waals surface area contributed by atoms with Gasteiger partial charge in [-0.3, -0.25) is 9.69 Å². The van der Waals surface area contributed by atoms with E-state index in [9.17, 15) is 4.79 Å². The van der Waals surface area contributed by atoms with Crippen LogP contribution >= 0.6 is 11.6 Å². The van der Waals surface area contributed by atoms with E-state index in [1.807, 2.05) is 30.3 Å². The first-order chi connectivity index (χ1) is 12.2. The fourth-order valence-electron chi connectivity index (χ4n) is 3.30. The molecule has 1 N–H and O–H groups in total. The Hall–Kier alpha value is -1.84. The number of hydrogen-bond donors (Lipinski definition) is 1. The molecule has 3 rings (SSSR count). The number of likely N-dealkylation sites (tertiary alicyclic amines) is 1. The van der Waals surface area contributed by atoms with Gasteiger partial charge in [-0.2, -0.15) is 0 Å². The molecule has 1 amide bonds. The van der Waals surface area contributed by atoms with Gasteiger partial charge in [0.2, 0.25) is 5.91 Å². The molecule has 1 saturated heterocycles. The minimum Gasteiger partial charge on any atom is -0.352 e. The third kappa shape index (κ3) is 5.32. The summed E-state index contributed by atoms with van der Waals surface area (Å²) in [6, 6.07) is 16.1. The first-order valence-corrected chi connectivity index (χ1v) is 9.39. The number of aryl methyl sites for hydroxylation is 1. The summed E-state index contributed by atoms with van der Waals surface area (Å²) in [5.74, 6) is 0.0656. The summed E-state index contributed by atoms with van der Waals surface area (Å²) in [7, 11) is 0. The second-order valence-corrected chi connectivity index (χ2v) is 7.03. The Morgan fingerprint density at radius 2 is 1.60 bits per heavy atom. The molecule has 0 aliphatic carbocycles. The summed E-state index contributed by atoms with van der Waals surface area (Å²) in [4.78, 5) is 14.7. The van der Waals surface area contributed by atoms with Crippen LogP contribution in [0, 0.1) is 0 Å². The van der Waals surface area contributed by atoms with Crippen molar-refractivity contribution in [1.29, 1.82) is 0 Å². The molecule has 0 aromatic heterocycles. The Balaban J connectivity index is 1.51. The summed E-state index contributed by atoms with van der Waals surface area (Å²) in [5, 5.41) is 3.78. The SMILES string of the molecule is O=C(CCc1ccccc1Cl)NCc1ccccc1CN1CCCC1. The van der Waals surface area contributed by atoms with Crippen LogP contribution in [0.15, 0.2) is 48.5 Å². The van der Waals surface area contributed by atoms with Crippen LogP contribution in [-0.2, 0) is 24.3 Å². The normalized spacial score (nSPS) is 14.6. The highest BCUT2D eigenvalue weighted by molar-refractivity contribution is 6.31. The predicted octanol–water partition coefficient (Wildman–Crippen LogP) is 4.18. The largest absolute Gasteiger partial charge is 0.352 e. The van der Waals surface area contributed by atoms with Crippen molar-refractivity contribution in [1.82, 2.24) is 10.2 Å². The van der Waals surface area contributed by atoms with Gasteiger partial charge in [-0.25, -0.2) is 0 Å². The minimum absolute atomic E-state index is 0.0656. The number of halogens is 1. The molecule has 3 nitrogen and oxygen atoms in total. The Kier molecular flexibility index (Phi) is 6.48. The highest BCUT2D eigenvalue weighted by atomic mass is 35.5. The van der Waals surface area contributed by atoms with Gasteiger partial charge in [0.1, 0.15) is 0 Å². The lowest BCUT2D eigenvalue weighted by molar-refractivity contribution is -0.121. The van der Waals surface area contributed by atoms with Crippen LogP contribution in [-0.4, -0.2) is 23.9 Å². The van der Waals surface area contributed by atoms with Gasteiger partial charge in [0.05, 0.1) is 0 Å². The van der Waals surface area contributed by atoms with E-state index in [1.54, 1.807) is 0 Å². The third-order valence-electron chi connectivity index (χ3n) is 4.77. The van der Waals surface area contributed by atoms with E-state index in [-0.39, 0.29) is 5.91 Å². The van der Waals surface area contributed by atoms with Crippen molar-refractivity contribution < 1.29 is 4.79 Å². The molecule has 0 bridgehead atoms. The lowest BCUT2D eigenvalue weighted by Crippen LogP contribution is -2.25. The maximum absolute atomic E-state index is 12.2. The standard InChI is InChI=1S/C21H25ClN2O/c22-20-10-4-3-7-17(20)11-12-21(25)23-15-18-8-1-2-9-19(18)16-24-13-5-6-14-24/h1-4,7-10H,5-6,11-16H2,(H,23,25). The third-order valence-corrected chi connectivity index (χ3v) is 5.13. The van der Waals surface area contributed by atoms with Gasteiger partial charge in [-0.05, 0) is 55.1 Å². The van der Waals surface area contributed by atoms with Crippen molar-refractivity contribution >= 4 is 17.5 Å². The average molecular weight is 357 g/mol. The number of carbonyl (C=O) groups excluding carboxylic acids is 1. The van der Waals surface area contributed by atoms with E-state index in [0.717, 1.165) is 17.1 Å². The Morgan fingerprint density at radius 3 is 2.32 bits per heavy atom. The van der Waals surface area contributed by atoms with Crippen molar-refractivity contribution in [3.63, 3.8) is 0 Å². The quantitative estimate of drug-likeness (QED) is 0.807. The van der Waals surface area contributed by atoms with Gasteiger partial charge >= 0.3 is 0 Å². The van der Waals surface area contributed by atoms with Gasteiger partial charge in [-0.15, -0.1) is 0 Å². The lowest BCUT2D eigenvalue weighted by atomic mass is 10.1. The molecule has 0 saturated carbocycles. The molecule has 4 heteroatoms. The first kappa shape index (κ1) is 18.0. The molecule has 2 aromatic rings. The number of carbonyl (C=O) groups is 1. The zero-order chi connectivity index (χ0) is 17.5. The van der Waals surface area contributed by atoms with E-state index in [2.05, 4.69) is 28.4 Å². The fraction of sp³-hybridized carbons (Fsp3) is 0.381. The molecular formula is C21H25ClN2O. The van der Waals surface area contributed by atoms with Gasteiger partial charge < -0.3 is 5.32 Å².